The summed E-state index contributed by atoms with van der Waals surface area (Å²) in [6.45, 7) is -1.05. The fraction of sp³-hybridized carbons (Fsp3) is 0.615. The van der Waals surface area contributed by atoms with E-state index in [0.717, 1.165) is 11.1 Å². The molecule has 0 bridgehead atoms. The van der Waals surface area contributed by atoms with Crippen LogP contribution in [0, 0.1) is 5.82 Å². The van der Waals surface area contributed by atoms with Crippen molar-refractivity contribution in [2.24, 2.45) is 0 Å². The highest BCUT2D eigenvalue weighted by Gasteiger charge is 2.58. The van der Waals surface area contributed by atoms with Gasteiger partial charge in [0.1, 0.15) is 5.82 Å². The minimum Gasteiger partial charge on any atom is -0.297 e. The molecule has 1 aromatic heterocycles. The fourth-order valence-corrected chi connectivity index (χ4v) is 2.39. The third kappa shape index (κ3) is 3.87. The molecule has 21 heavy (non-hydrogen) atoms. The first-order valence-corrected chi connectivity index (χ1v) is 6.47. The predicted octanol–water partition coefficient (Wildman–Crippen LogP) is 3.60. The quantitative estimate of drug-likeness (QED) is 0.793. The van der Waals surface area contributed by atoms with Crippen LogP contribution in [0.1, 0.15) is 24.5 Å². The van der Waals surface area contributed by atoms with Gasteiger partial charge in [0.15, 0.2) is 0 Å². The first-order chi connectivity index (χ1) is 9.69. The minimum absolute atomic E-state index is 0.0404. The molecule has 118 valence electrons. The molecule has 0 saturated carbocycles. The first kappa shape index (κ1) is 16.1. The molecule has 2 nitrogen and oxygen atoms in total. The van der Waals surface area contributed by atoms with Gasteiger partial charge >= 0.3 is 12.1 Å². The van der Waals surface area contributed by atoms with Gasteiger partial charge in [0.2, 0.25) is 0 Å². The molecule has 0 unspecified atom stereocenters. The van der Waals surface area contributed by atoms with E-state index in [1.165, 1.54) is 12.1 Å². The second-order valence-electron chi connectivity index (χ2n) is 5.15. The van der Waals surface area contributed by atoms with Crippen LogP contribution in [-0.2, 0) is 0 Å². The van der Waals surface area contributed by atoms with Crippen molar-refractivity contribution in [2.75, 3.05) is 19.6 Å². The Balaban J connectivity index is 1.90. The number of halogens is 6. The van der Waals surface area contributed by atoms with Crippen LogP contribution < -0.4 is 0 Å². The van der Waals surface area contributed by atoms with E-state index in [4.69, 9.17) is 0 Å². The number of rotatable bonds is 3. The van der Waals surface area contributed by atoms with Crippen LogP contribution in [0.15, 0.2) is 18.3 Å². The molecule has 1 saturated heterocycles. The summed E-state index contributed by atoms with van der Waals surface area (Å²) < 4.78 is 75.1. The maximum atomic E-state index is 13.0. The number of alkyl halides is 5. The average Bonchev–Trinajstić information content (AvgIpc) is 2.39. The van der Waals surface area contributed by atoms with Gasteiger partial charge in [-0.25, -0.2) is 4.39 Å². The zero-order valence-electron chi connectivity index (χ0n) is 11.0. The summed E-state index contributed by atoms with van der Waals surface area (Å²) in [5.74, 6) is -5.21. The maximum Gasteiger partial charge on any atom is 0.454 e. The van der Waals surface area contributed by atoms with E-state index >= 15 is 0 Å². The highest BCUT2D eigenvalue weighted by atomic mass is 19.4. The molecule has 0 spiro atoms. The highest BCUT2D eigenvalue weighted by molar-refractivity contribution is 5.11. The largest absolute Gasteiger partial charge is 0.454 e. The monoisotopic (exact) mass is 312 g/mol. The van der Waals surface area contributed by atoms with Crippen LogP contribution in [0.2, 0.25) is 0 Å². The van der Waals surface area contributed by atoms with Gasteiger partial charge in [-0.2, -0.15) is 22.0 Å². The Bertz CT molecular complexity index is 463. The molecule has 0 amide bonds. The summed E-state index contributed by atoms with van der Waals surface area (Å²) in [5, 5.41) is 0. The molecule has 8 heteroatoms. The number of hydrogen-bond acceptors (Lipinski definition) is 2. The van der Waals surface area contributed by atoms with Crippen molar-refractivity contribution in [1.82, 2.24) is 9.88 Å². The average molecular weight is 312 g/mol. The van der Waals surface area contributed by atoms with E-state index in [1.54, 1.807) is 0 Å². The van der Waals surface area contributed by atoms with Crippen LogP contribution >= 0.6 is 0 Å². The Labute approximate surface area is 117 Å². The molecule has 1 aromatic rings. The van der Waals surface area contributed by atoms with Crippen LogP contribution in [-0.4, -0.2) is 41.6 Å². The van der Waals surface area contributed by atoms with Gasteiger partial charge in [-0.05, 0) is 38.1 Å². The second kappa shape index (κ2) is 5.82. The van der Waals surface area contributed by atoms with E-state index in [0.29, 0.717) is 18.5 Å². The predicted molar refractivity (Wildman–Crippen MR) is 63.6 cm³/mol. The molecular weight excluding hydrogens is 298 g/mol. The molecule has 0 atom stereocenters. The lowest BCUT2D eigenvalue weighted by Crippen LogP contribution is -2.48. The molecule has 1 aliphatic rings. The number of nitrogens with zero attached hydrogens (tertiary/aromatic N) is 2. The lowest BCUT2D eigenvalue weighted by molar-refractivity contribution is -0.287. The molecule has 2 rings (SSSR count). The topological polar surface area (TPSA) is 16.1 Å². The molecule has 1 aliphatic heterocycles. The summed E-state index contributed by atoms with van der Waals surface area (Å²) in [5.41, 5.74) is 0.638. The Morgan fingerprint density at radius 2 is 1.71 bits per heavy atom. The van der Waals surface area contributed by atoms with Gasteiger partial charge in [-0.3, -0.25) is 9.88 Å². The first-order valence-electron chi connectivity index (χ1n) is 6.47. The van der Waals surface area contributed by atoms with E-state index < -0.39 is 24.5 Å². The van der Waals surface area contributed by atoms with E-state index in [-0.39, 0.29) is 19.0 Å². The number of hydrogen-bond donors (Lipinski definition) is 0. The molecule has 0 aromatic carbocycles. The Kier molecular flexibility index (Phi) is 4.46. The molecule has 0 radical (unpaired) electrons. The van der Waals surface area contributed by atoms with E-state index in [2.05, 4.69) is 4.98 Å². The van der Waals surface area contributed by atoms with Crippen molar-refractivity contribution < 1.29 is 26.3 Å². The van der Waals surface area contributed by atoms with E-state index in [1.807, 2.05) is 0 Å². The van der Waals surface area contributed by atoms with Crippen LogP contribution in [0.5, 0.6) is 0 Å². The maximum absolute atomic E-state index is 13.0. The second-order valence-corrected chi connectivity index (χ2v) is 5.15. The molecule has 1 fully saturated rings. The smallest absolute Gasteiger partial charge is 0.297 e. The van der Waals surface area contributed by atoms with Gasteiger partial charge in [0.05, 0.1) is 12.7 Å². The summed E-state index contributed by atoms with van der Waals surface area (Å²) in [7, 11) is 0. The lowest BCUT2D eigenvalue weighted by Gasteiger charge is -2.34. The van der Waals surface area contributed by atoms with Crippen molar-refractivity contribution in [1.29, 1.82) is 0 Å². The molecule has 0 aliphatic carbocycles. The molecule has 0 N–H and O–H groups in total. The third-order valence-electron chi connectivity index (χ3n) is 3.59. The summed E-state index contributed by atoms with van der Waals surface area (Å²) in [6.07, 6.45) is -3.61. The SMILES string of the molecule is Fc1ccc(C2CCN(CC(F)(F)C(F)(F)F)CC2)nc1. The van der Waals surface area contributed by atoms with Gasteiger partial charge < -0.3 is 0 Å². The van der Waals surface area contributed by atoms with Crippen LogP contribution in [0.3, 0.4) is 0 Å². The number of pyridine rings is 1. The Morgan fingerprint density at radius 1 is 1.10 bits per heavy atom. The van der Waals surface area contributed by atoms with Crippen molar-refractivity contribution >= 4 is 0 Å². The van der Waals surface area contributed by atoms with Crippen molar-refractivity contribution in [3.8, 4) is 0 Å². The summed E-state index contributed by atoms with van der Waals surface area (Å²) in [6, 6.07) is 2.77. The van der Waals surface area contributed by atoms with Crippen molar-refractivity contribution in [3.05, 3.63) is 29.8 Å². The summed E-state index contributed by atoms with van der Waals surface area (Å²) in [4.78, 5) is 5.02. The Hall–Kier alpha value is -1.31. The number of piperidine rings is 1. The van der Waals surface area contributed by atoms with Crippen molar-refractivity contribution in [3.63, 3.8) is 0 Å². The number of aromatic nitrogens is 1. The zero-order chi connectivity index (χ0) is 15.7. The third-order valence-corrected chi connectivity index (χ3v) is 3.59. The highest BCUT2D eigenvalue weighted by Crippen LogP contribution is 2.37. The van der Waals surface area contributed by atoms with Gasteiger partial charge in [-0.15, -0.1) is 0 Å². The van der Waals surface area contributed by atoms with Gasteiger partial charge in [0, 0.05) is 11.6 Å². The van der Waals surface area contributed by atoms with Crippen molar-refractivity contribution in [2.45, 2.75) is 30.9 Å². The molecule has 2 heterocycles. The van der Waals surface area contributed by atoms with E-state index in [9.17, 15) is 26.3 Å². The fourth-order valence-electron chi connectivity index (χ4n) is 2.39. The standard InChI is InChI=1S/C13H14F6N2/c14-10-1-2-11(20-7-10)9-3-5-21(6-4-9)8-12(15,16)13(17,18)19/h1-2,7,9H,3-6,8H2. The van der Waals surface area contributed by atoms with Crippen LogP contribution in [0.25, 0.3) is 0 Å². The van der Waals surface area contributed by atoms with Gasteiger partial charge in [-0.1, -0.05) is 0 Å². The van der Waals surface area contributed by atoms with Crippen LogP contribution in [0.4, 0.5) is 26.3 Å². The summed E-state index contributed by atoms with van der Waals surface area (Å²) >= 11 is 0. The van der Waals surface area contributed by atoms with Gasteiger partial charge in [0.25, 0.3) is 0 Å². The zero-order valence-corrected chi connectivity index (χ0v) is 11.0. The Morgan fingerprint density at radius 3 is 2.19 bits per heavy atom. The normalized spacial score (nSPS) is 19.0. The lowest BCUT2D eigenvalue weighted by atomic mass is 9.93. The minimum atomic E-state index is -5.53. The molecular formula is C13H14F6N2. The number of likely N-dealkylation sites (tertiary alicyclic amines) is 1.